The predicted molar refractivity (Wildman–Crippen MR) is 55.6 cm³/mol. The molecule has 0 aromatic heterocycles. The number of hydrogen-bond donors (Lipinski definition) is 1. The van der Waals surface area contributed by atoms with Crippen LogP contribution in [-0.4, -0.2) is 38.1 Å². The topological polar surface area (TPSA) is 15.3 Å². The van der Waals surface area contributed by atoms with Crippen LogP contribution in [0.15, 0.2) is 0 Å². The molecule has 1 N–H and O–H groups in total. The first-order valence-corrected chi connectivity index (χ1v) is 5.22. The van der Waals surface area contributed by atoms with E-state index < -0.39 is 0 Å². The Kier molecular flexibility index (Phi) is 8.95. The van der Waals surface area contributed by atoms with E-state index in [0.717, 1.165) is 6.54 Å². The van der Waals surface area contributed by atoms with E-state index in [2.05, 4.69) is 24.1 Å². The van der Waals surface area contributed by atoms with E-state index in [1.165, 1.54) is 38.9 Å². The molecule has 2 heteroatoms. The second-order valence-corrected chi connectivity index (χ2v) is 3.30. The Hall–Kier alpha value is -0.0800. The standard InChI is InChI=1S/C10H24N2/c1-4-8-12(9-5-2)10-6-7-11-3/h11H,4-10H2,1-3H3. The lowest BCUT2D eigenvalue weighted by Gasteiger charge is -2.20. The summed E-state index contributed by atoms with van der Waals surface area (Å²) in [5.41, 5.74) is 0. The van der Waals surface area contributed by atoms with Crippen molar-refractivity contribution in [2.75, 3.05) is 33.2 Å². The number of rotatable bonds is 8. The van der Waals surface area contributed by atoms with Crippen molar-refractivity contribution in [3.63, 3.8) is 0 Å². The third-order valence-corrected chi connectivity index (χ3v) is 1.98. The average Bonchev–Trinajstić information content (AvgIpc) is 2.06. The first kappa shape index (κ1) is 11.9. The summed E-state index contributed by atoms with van der Waals surface area (Å²) in [6, 6.07) is 0. The molecule has 74 valence electrons. The molecular formula is C10H24N2. The quantitative estimate of drug-likeness (QED) is 0.561. The highest BCUT2D eigenvalue weighted by Gasteiger charge is 2.00. The van der Waals surface area contributed by atoms with E-state index >= 15 is 0 Å². The third kappa shape index (κ3) is 6.62. The maximum Gasteiger partial charge on any atom is -0.000665 e. The Morgan fingerprint density at radius 1 is 1.00 bits per heavy atom. The van der Waals surface area contributed by atoms with Crippen LogP contribution in [0.25, 0.3) is 0 Å². The minimum Gasteiger partial charge on any atom is -0.320 e. The van der Waals surface area contributed by atoms with Crippen molar-refractivity contribution in [1.29, 1.82) is 0 Å². The molecule has 0 amide bonds. The molecule has 0 saturated heterocycles. The molecule has 0 aliphatic heterocycles. The molecule has 0 aromatic carbocycles. The van der Waals surface area contributed by atoms with Gasteiger partial charge in [-0.1, -0.05) is 13.8 Å². The van der Waals surface area contributed by atoms with Gasteiger partial charge in [-0.15, -0.1) is 0 Å². The van der Waals surface area contributed by atoms with E-state index in [0.29, 0.717) is 0 Å². The minimum atomic E-state index is 1.14. The van der Waals surface area contributed by atoms with Crippen LogP contribution in [0.1, 0.15) is 33.1 Å². The van der Waals surface area contributed by atoms with Crippen LogP contribution < -0.4 is 5.32 Å². The van der Waals surface area contributed by atoms with Crippen molar-refractivity contribution in [2.45, 2.75) is 33.1 Å². The van der Waals surface area contributed by atoms with Gasteiger partial charge in [-0.2, -0.15) is 0 Å². The largest absolute Gasteiger partial charge is 0.320 e. The Morgan fingerprint density at radius 3 is 2.00 bits per heavy atom. The van der Waals surface area contributed by atoms with E-state index in [9.17, 15) is 0 Å². The van der Waals surface area contributed by atoms with Gasteiger partial charge in [0.2, 0.25) is 0 Å². The van der Waals surface area contributed by atoms with Gasteiger partial charge in [-0.3, -0.25) is 0 Å². The van der Waals surface area contributed by atoms with Crippen LogP contribution >= 0.6 is 0 Å². The monoisotopic (exact) mass is 172 g/mol. The van der Waals surface area contributed by atoms with E-state index in [4.69, 9.17) is 0 Å². The zero-order valence-corrected chi connectivity index (χ0v) is 8.90. The van der Waals surface area contributed by atoms with Gasteiger partial charge in [0.05, 0.1) is 0 Å². The predicted octanol–water partition coefficient (Wildman–Crippen LogP) is 1.72. The molecule has 0 aliphatic carbocycles. The summed E-state index contributed by atoms with van der Waals surface area (Å²) >= 11 is 0. The highest BCUT2D eigenvalue weighted by molar-refractivity contribution is 4.56. The number of hydrogen-bond acceptors (Lipinski definition) is 2. The van der Waals surface area contributed by atoms with Crippen molar-refractivity contribution < 1.29 is 0 Å². The fraction of sp³-hybridized carbons (Fsp3) is 1.00. The molecule has 0 atom stereocenters. The second-order valence-electron chi connectivity index (χ2n) is 3.30. The summed E-state index contributed by atoms with van der Waals surface area (Å²) in [4.78, 5) is 2.55. The fourth-order valence-electron chi connectivity index (χ4n) is 1.45. The van der Waals surface area contributed by atoms with Gasteiger partial charge in [0, 0.05) is 0 Å². The van der Waals surface area contributed by atoms with Crippen LogP contribution in [0, 0.1) is 0 Å². The van der Waals surface area contributed by atoms with Gasteiger partial charge in [0.15, 0.2) is 0 Å². The van der Waals surface area contributed by atoms with Crippen LogP contribution in [-0.2, 0) is 0 Å². The molecular weight excluding hydrogens is 148 g/mol. The molecule has 0 heterocycles. The van der Waals surface area contributed by atoms with E-state index in [1.54, 1.807) is 0 Å². The zero-order chi connectivity index (χ0) is 9.23. The van der Waals surface area contributed by atoms with Crippen LogP contribution in [0.5, 0.6) is 0 Å². The van der Waals surface area contributed by atoms with Crippen LogP contribution in [0.2, 0.25) is 0 Å². The Morgan fingerprint density at radius 2 is 1.58 bits per heavy atom. The van der Waals surface area contributed by atoms with Gasteiger partial charge < -0.3 is 10.2 Å². The molecule has 2 nitrogen and oxygen atoms in total. The van der Waals surface area contributed by atoms with Crippen molar-refractivity contribution in [3.8, 4) is 0 Å². The van der Waals surface area contributed by atoms with Crippen LogP contribution in [0.4, 0.5) is 0 Å². The number of nitrogens with one attached hydrogen (secondary N) is 1. The summed E-state index contributed by atoms with van der Waals surface area (Å²) in [5, 5.41) is 3.18. The lowest BCUT2D eigenvalue weighted by Crippen LogP contribution is -2.28. The first-order chi connectivity index (χ1) is 5.85. The zero-order valence-electron chi connectivity index (χ0n) is 8.90. The molecule has 0 fully saturated rings. The maximum absolute atomic E-state index is 3.18. The lowest BCUT2D eigenvalue weighted by molar-refractivity contribution is 0.271. The smallest absolute Gasteiger partial charge is 0.000665 e. The molecule has 0 saturated carbocycles. The molecule has 0 radical (unpaired) electrons. The molecule has 0 bridgehead atoms. The van der Waals surface area contributed by atoms with Gasteiger partial charge in [-0.25, -0.2) is 0 Å². The lowest BCUT2D eigenvalue weighted by atomic mass is 10.3. The average molecular weight is 172 g/mol. The van der Waals surface area contributed by atoms with Crippen molar-refractivity contribution in [3.05, 3.63) is 0 Å². The summed E-state index contributed by atoms with van der Waals surface area (Å²) in [6.07, 6.45) is 3.83. The number of nitrogens with zero attached hydrogens (tertiary/aromatic N) is 1. The van der Waals surface area contributed by atoms with Gasteiger partial charge in [-0.05, 0) is 52.5 Å². The van der Waals surface area contributed by atoms with Crippen molar-refractivity contribution in [2.24, 2.45) is 0 Å². The van der Waals surface area contributed by atoms with Crippen LogP contribution in [0.3, 0.4) is 0 Å². The Balaban J connectivity index is 3.34. The summed E-state index contributed by atoms with van der Waals surface area (Å²) in [7, 11) is 2.02. The SMILES string of the molecule is CCCN(CCC)CCCNC. The van der Waals surface area contributed by atoms with Crippen molar-refractivity contribution in [1.82, 2.24) is 10.2 Å². The molecule has 0 aromatic rings. The molecule has 0 spiro atoms. The van der Waals surface area contributed by atoms with Gasteiger partial charge in [0.25, 0.3) is 0 Å². The molecule has 0 aliphatic rings. The van der Waals surface area contributed by atoms with E-state index in [1.807, 2.05) is 7.05 Å². The normalized spacial score (nSPS) is 11.0. The summed E-state index contributed by atoms with van der Waals surface area (Å²) in [6.45, 7) is 9.42. The molecule has 12 heavy (non-hydrogen) atoms. The summed E-state index contributed by atoms with van der Waals surface area (Å²) in [5.74, 6) is 0. The second kappa shape index (κ2) is 9.01. The minimum absolute atomic E-state index is 1.14. The third-order valence-electron chi connectivity index (χ3n) is 1.98. The molecule has 0 unspecified atom stereocenters. The highest BCUT2D eigenvalue weighted by Crippen LogP contribution is 1.95. The fourth-order valence-corrected chi connectivity index (χ4v) is 1.45. The Labute approximate surface area is 77.3 Å². The Bertz CT molecular complexity index is 77.9. The van der Waals surface area contributed by atoms with E-state index in [-0.39, 0.29) is 0 Å². The summed E-state index contributed by atoms with van der Waals surface area (Å²) < 4.78 is 0. The van der Waals surface area contributed by atoms with Gasteiger partial charge in [0.1, 0.15) is 0 Å². The highest BCUT2D eigenvalue weighted by atomic mass is 15.1. The van der Waals surface area contributed by atoms with Crippen molar-refractivity contribution >= 4 is 0 Å². The first-order valence-electron chi connectivity index (χ1n) is 5.22. The molecule has 0 rings (SSSR count). The maximum atomic E-state index is 3.18. The van der Waals surface area contributed by atoms with Gasteiger partial charge >= 0.3 is 0 Å².